The molecule has 64 valence electrons. The zero-order chi connectivity index (χ0) is 8.27. The van der Waals surface area contributed by atoms with Crippen LogP contribution in [0.1, 0.15) is 13.8 Å². The minimum absolute atomic E-state index is 0.233. The molecule has 1 rings (SSSR count). The van der Waals surface area contributed by atoms with Crippen LogP contribution in [0.15, 0.2) is 0 Å². The Labute approximate surface area is 67.8 Å². The number of hydrogen-bond acceptors (Lipinski definition) is 2. The van der Waals surface area contributed by atoms with E-state index >= 15 is 0 Å². The molecule has 1 aliphatic rings. The van der Waals surface area contributed by atoms with Crippen molar-refractivity contribution < 1.29 is 4.79 Å². The highest BCUT2D eigenvalue weighted by atomic mass is 16.2. The third-order valence-electron chi connectivity index (χ3n) is 2.04. The second-order valence-corrected chi connectivity index (χ2v) is 3.17. The van der Waals surface area contributed by atoms with Crippen molar-refractivity contribution in [3.05, 3.63) is 0 Å². The van der Waals surface area contributed by atoms with Gasteiger partial charge in [0.2, 0.25) is 5.91 Å². The maximum Gasteiger partial charge on any atom is 0.236 e. The normalized spacial score (nSPS) is 26.9. The van der Waals surface area contributed by atoms with Crippen molar-refractivity contribution in [3.8, 4) is 0 Å². The summed E-state index contributed by atoms with van der Waals surface area (Å²) in [6.45, 7) is 7.40. The molecule has 0 bridgehead atoms. The number of hydrogen-bond donors (Lipinski definition) is 1. The number of nitrogens with one attached hydrogen (secondary N) is 1. The fraction of sp³-hybridized carbons (Fsp3) is 0.875. The van der Waals surface area contributed by atoms with Gasteiger partial charge in [-0.15, -0.1) is 0 Å². The molecule has 1 heterocycles. The van der Waals surface area contributed by atoms with Gasteiger partial charge in [-0.05, 0) is 19.4 Å². The van der Waals surface area contributed by atoms with Gasteiger partial charge < -0.3 is 10.2 Å². The first kappa shape index (κ1) is 8.53. The van der Waals surface area contributed by atoms with Crippen molar-refractivity contribution >= 4 is 5.91 Å². The lowest BCUT2D eigenvalue weighted by molar-refractivity contribution is -0.129. The van der Waals surface area contributed by atoms with Crippen molar-refractivity contribution in [3.63, 3.8) is 0 Å². The van der Waals surface area contributed by atoms with Crippen LogP contribution < -0.4 is 5.32 Å². The maximum atomic E-state index is 11.3. The van der Waals surface area contributed by atoms with E-state index < -0.39 is 0 Å². The molecule has 1 saturated heterocycles. The van der Waals surface area contributed by atoms with Crippen LogP contribution in [0.3, 0.4) is 0 Å². The van der Waals surface area contributed by atoms with Crippen LogP contribution in [0.4, 0.5) is 0 Å². The van der Waals surface area contributed by atoms with Crippen LogP contribution in [-0.4, -0.2) is 37.0 Å². The third kappa shape index (κ3) is 2.19. The first-order valence-electron chi connectivity index (χ1n) is 4.22. The Morgan fingerprint density at radius 1 is 1.73 bits per heavy atom. The summed E-state index contributed by atoms with van der Waals surface area (Å²) in [5.74, 6) is 0.818. The van der Waals surface area contributed by atoms with E-state index in [4.69, 9.17) is 0 Å². The molecule has 0 aromatic rings. The third-order valence-corrected chi connectivity index (χ3v) is 2.04. The monoisotopic (exact) mass is 156 g/mol. The number of carbonyl (C=O) groups excluding carboxylic acids is 1. The quantitative estimate of drug-likeness (QED) is 0.583. The molecular weight excluding hydrogens is 140 g/mol. The van der Waals surface area contributed by atoms with Crippen molar-refractivity contribution in [2.75, 3.05) is 26.2 Å². The van der Waals surface area contributed by atoms with Gasteiger partial charge in [-0.3, -0.25) is 4.79 Å². The topological polar surface area (TPSA) is 32.3 Å². The molecule has 1 aliphatic heterocycles. The lowest BCUT2D eigenvalue weighted by Gasteiger charge is -2.19. The average Bonchev–Trinajstić information content (AvgIpc) is 2.13. The van der Waals surface area contributed by atoms with Gasteiger partial charge in [0.05, 0.1) is 6.54 Å². The summed E-state index contributed by atoms with van der Waals surface area (Å²) in [6, 6.07) is 0. The largest absolute Gasteiger partial charge is 0.342 e. The molecule has 0 radical (unpaired) electrons. The molecular formula is C8H16N2O. The average molecular weight is 156 g/mol. The van der Waals surface area contributed by atoms with E-state index in [0.29, 0.717) is 12.5 Å². The number of rotatable bonds is 1. The Bertz CT molecular complexity index is 147. The molecule has 0 spiro atoms. The first-order valence-corrected chi connectivity index (χ1v) is 4.22. The highest BCUT2D eigenvalue weighted by Crippen LogP contribution is 2.02. The smallest absolute Gasteiger partial charge is 0.236 e. The summed E-state index contributed by atoms with van der Waals surface area (Å²) in [7, 11) is 0. The van der Waals surface area contributed by atoms with Crippen molar-refractivity contribution in [2.45, 2.75) is 13.8 Å². The van der Waals surface area contributed by atoms with Crippen LogP contribution in [0, 0.1) is 5.92 Å². The zero-order valence-corrected chi connectivity index (χ0v) is 7.26. The van der Waals surface area contributed by atoms with Crippen molar-refractivity contribution in [2.24, 2.45) is 5.92 Å². The Morgan fingerprint density at radius 2 is 2.45 bits per heavy atom. The Hall–Kier alpha value is -0.570. The molecule has 3 heteroatoms. The molecule has 0 aromatic heterocycles. The van der Waals surface area contributed by atoms with Gasteiger partial charge in [-0.25, -0.2) is 0 Å². The molecule has 0 aromatic carbocycles. The van der Waals surface area contributed by atoms with E-state index in [1.807, 2.05) is 11.8 Å². The SMILES string of the molecule is CCN1CC(C)CNCC1=O. The van der Waals surface area contributed by atoms with Crippen LogP contribution in [0.2, 0.25) is 0 Å². The lowest BCUT2D eigenvalue weighted by Crippen LogP contribution is -2.35. The van der Waals surface area contributed by atoms with Crippen molar-refractivity contribution in [1.29, 1.82) is 0 Å². The summed E-state index contributed by atoms with van der Waals surface area (Å²) in [4.78, 5) is 13.2. The van der Waals surface area contributed by atoms with Crippen molar-refractivity contribution in [1.82, 2.24) is 10.2 Å². The van der Waals surface area contributed by atoms with Gasteiger partial charge >= 0.3 is 0 Å². The van der Waals surface area contributed by atoms with Gasteiger partial charge in [-0.1, -0.05) is 6.92 Å². The van der Waals surface area contributed by atoms with Gasteiger partial charge in [0.1, 0.15) is 0 Å². The van der Waals surface area contributed by atoms with E-state index in [0.717, 1.165) is 19.6 Å². The minimum Gasteiger partial charge on any atom is -0.342 e. The molecule has 3 nitrogen and oxygen atoms in total. The van der Waals surface area contributed by atoms with Crippen LogP contribution in [-0.2, 0) is 4.79 Å². The Morgan fingerprint density at radius 3 is 3.09 bits per heavy atom. The fourth-order valence-electron chi connectivity index (χ4n) is 1.39. The highest BCUT2D eigenvalue weighted by molar-refractivity contribution is 5.78. The standard InChI is InChI=1S/C8H16N2O/c1-3-10-6-7(2)4-9-5-8(10)11/h7,9H,3-6H2,1-2H3. The predicted molar refractivity (Wildman–Crippen MR) is 44.3 cm³/mol. The minimum atomic E-state index is 0.233. The summed E-state index contributed by atoms with van der Waals surface area (Å²) < 4.78 is 0. The molecule has 0 saturated carbocycles. The molecule has 11 heavy (non-hydrogen) atoms. The summed E-state index contributed by atoms with van der Waals surface area (Å²) in [5.41, 5.74) is 0. The molecule has 1 fully saturated rings. The maximum absolute atomic E-state index is 11.3. The second kappa shape index (κ2) is 3.72. The number of carbonyl (C=O) groups is 1. The second-order valence-electron chi connectivity index (χ2n) is 3.17. The summed E-state index contributed by atoms with van der Waals surface area (Å²) in [5, 5.41) is 3.12. The van der Waals surface area contributed by atoms with Gasteiger partial charge in [0, 0.05) is 13.1 Å². The number of amides is 1. The van der Waals surface area contributed by atoms with E-state index in [1.165, 1.54) is 0 Å². The van der Waals surface area contributed by atoms with E-state index in [9.17, 15) is 4.79 Å². The summed E-state index contributed by atoms with van der Waals surface area (Å²) >= 11 is 0. The molecule has 0 aliphatic carbocycles. The van der Waals surface area contributed by atoms with E-state index in [1.54, 1.807) is 0 Å². The molecule has 1 atom stereocenters. The zero-order valence-electron chi connectivity index (χ0n) is 7.26. The first-order chi connectivity index (χ1) is 5.24. The Balaban J connectivity index is 2.52. The predicted octanol–water partition coefficient (Wildman–Crippen LogP) is 0.0742. The lowest BCUT2D eigenvalue weighted by atomic mass is 10.2. The molecule has 1 unspecified atom stereocenters. The van der Waals surface area contributed by atoms with Crippen LogP contribution >= 0.6 is 0 Å². The molecule has 1 amide bonds. The highest BCUT2D eigenvalue weighted by Gasteiger charge is 2.17. The van der Waals surface area contributed by atoms with E-state index in [-0.39, 0.29) is 5.91 Å². The fourth-order valence-corrected chi connectivity index (χ4v) is 1.39. The van der Waals surface area contributed by atoms with Gasteiger partial charge in [0.25, 0.3) is 0 Å². The van der Waals surface area contributed by atoms with E-state index in [2.05, 4.69) is 12.2 Å². The van der Waals surface area contributed by atoms with Gasteiger partial charge in [-0.2, -0.15) is 0 Å². The van der Waals surface area contributed by atoms with Crippen LogP contribution in [0.25, 0.3) is 0 Å². The van der Waals surface area contributed by atoms with Gasteiger partial charge in [0.15, 0.2) is 0 Å². The molecule has 1 N–H and O–H groups in total. The number of nitrogens with zero attached hydrogens (tertiary/aromatic N) is 1. The Kier molecular flexibility index (Phi) is 2.88. The van der Waals surface area contributed by atoms with Crippen LogP contribution in [0.5, 0.6) is 0 Å². The summed E-state index contributed by atoms with van der Waals surface area (Å²) in [6.07, 6.45) is 0. The number of likely N-dealkylation sites (N-methyl/N-ethyl adjacent to an activating group) is 1.